The summed E-state index contributed by atoms with van der Waals surface area (Å²) in [4.78, 5) is 14.3. The van der Waals surface area contributed by atoms with Crippen LogP contribution in [0.3, 0.4) is 0 Å². The fourth-order valence-corrected chi connectivity index (χ4v) is 6.46. The Labute approximate surface area is 200 Å². The Hall–Kier alpha value is -4.57. The predicted molar refractivity (Wildman–Crippen MR) is 140 cm³/mol. The first kappa shape index (κ1) is 17.8. The van der Waals surface area contributed by atoms with Crippen molar-refractivity contribution >= 4 is 38.5 Å². The summed E-state index contributed by atoms with van der Waals surface area (Å²) in [6.45, 7) is 0. The van der Waals surface area contributed by atoms with Crippen molar-refractivity contribution in [3.8, 4) is 22.3 Å². The van der Waals surface area contributed by atoms with E-state index in [1.807, 2.05) is 24.7 Å². The minimum absolute atomic E-state index is 0.927. The van der Waals surface area contributed by atoms with Gasteiger partial charge in [0.2, 0.25) is 0 Å². The van der Waals surface area contributed by atoms with E-state index in [1.165, 1.54) is 44.5 Å². The zero-order chi connectivity index (χ0) is 22.7. The van der Waals surface area contributed by atoms with E-state index < -0.39 is 0 Å². The van der Waals surface area contributed by atoms with Crippen molar-refractivity contribution in [2.24, 2.45) is 0 Å². The third-order valence-corrected chi connectivity index (χ3v) is 7.93. The van der Waals surface area contributed by atoms with Gasteiger partial charge in [0.1, 0.15) is 11.3 Å². The van der Waals surface area contributed by atoms with E-state index in [0.29, 0.717) is 0 Å². The van der Waals surface area contributed by atoms with E-state index in [2.05, 4.69) is 70.0 Å². The van der Waals surface area contributed by atoms with Gasteiger partial charge in [0, 0.05) is 34.7 Å². The van der Waals surface area contributed by atoms with Crippen LogP contribution in [0.15, 0.2) is 85.3 Å². The molecule has 0 bridgehead atoms. The number of rotatable bonds is 0. The summed E-state index contributed by atoms with van der Waals surface area (Å²) in [5, 5.41) is 3.29. The van der Waals surface area contributed by atoms with Crippen LogP contribution in [0.2, 0.25) is 0 Å². The van der Waals surface area contributed by atoms with Gasteiger partial charge >= 0.3 is 0 Å². The van der Waals surface area contributed by atoms with Crippen LogP contribution in [0.5, 0.6) is 0 Å². The molecule has 0 unspecified atom stereocenters. The Morgan fingerprint density at radius 2 is 1.46 bits per heavy atom. The van der Waals surface area contributed by atoms with E-state index >= 15 is 0 Å². The van der Waals surface area contributed by atoms with Gasteiger partial charge in [-0.2, -0.15) is 0 Å². The predicted octanol–water partition coefficient (Wildman–Crippen LogP) is 6.73. The average Bonchev–Trinajstić information content (AvgIpc) is 3.58. The summed E-state index contributed by atoms with van der Waals surface area (Å²) in [5.74, 6) is 0. The number of hydrogen-bond donors (Lipinski definition) is 0. The van der Waals surface area contributed by atoms with Crippen molar-refractivity contribution in [3.63, 3.8) is 0 Å². The normalized spacial score (nSPS) is 13.5. The monoisotopic (exact) mass is 446 g/mol. The molecule has 162 valence electrons. The maximum Gasteiger partial charge on any atom is 0.147 e. The molecule has 0 amide bonds. The Bertz CT molecular complexity index is 2070. The van der Waals surface area contributed by atoms with Gasteiger partial charge in [-0.05, 0) is 87.7 Å². The van der Waals surface area contributed by atoms with Gasteiger partial charge in [-0.25, -0.2) is 9.97 Å². The fraction of sp³-hybridized carbons (Fsp3) is 0.0645. The SMILES string of the molecule is c1ccc2c(c1)Cc1ccc3c(c1-2)-c1cc2nc4c5ccncc5c5cccnc5n4c2cc1C3. The number of fused-ring (bicyclic) bond motifs is 15. The van der Waals surface area contributed by atoms with Gasteiger partial charge in [-0.15, -0.1) is 0 Å². The van der Waals surface area contributed by atoms with Gasteiger partial charge in [-0.3, -0.25) is 9.38 Å². The van der Waals surface area contributed by atoms with Gasteiger partial charge in [0.05, 0.1) is 11.0 Å². The van der Waals surface area contributed by atoms with Crippen LogP contribution in [0.4, 0.5) is 0 Å². The quantitative estimate of drug-likeness (QED) is 0.243. The molecule has 4 aromatic heterocycles. The smallest absolute Gasteiger partial charge is 0.147 e. The highest BCUT2D eigenvalue weighted by atomic mass is 15.1. The van der Waals surface area contributed by atoms with Gasteiger partial charge < -0.3 is 0 Å². The van der Waals surface area contributed by atoms with Crippen LogP contribution in [0.25, 0.3) is 60.7 Å². The van der Waals surface area contributed by atoms with Gasteiger partial charge in [0.15, 0.2) is 0 Å². The van der Waals surface area contributed by atoms with E-state index in [4.69, 9.17) is 9.97 Å². The number of benzene rings is 3. The van der Waals surface area contributed by atoms with Crippen LogP contribution < -0.4 is 0 Å². The number of imidazole rings is 1. The van der Waals surface area contributed by atoms with Crippen LogP contribution >= 0.6 is 0 Å². The Balaban J connectivity index is 1.41. The lowest BCUT2D eigenvalue weighted by molar-refractivity contribution is 1.22. The lowest BCUT2D eigenvalue weighted by Crippen LogP contribution is -1.94. The van der Waals surface area contributed by atoms with Crippen LogP contribution in [-0.2, 0) is 12.8 Å². The summed E-state index contributed by atoms with van der Waals surface area (Å²) < 4.78 is 2.23. The number of hydrogen-bond acceptors (Lipinski definition) is 3. The van der Waals surface area contributed by atoms with Crippen LogP contribution in [0, 0.1) is 0 Å². The molecule has 0 atom stereocenters. The molecule has 0 N–H and O–H groups in total. The second kappa shape index (κ2) is 6.10. The second-order valence-corrected chi connectivity index (χ2v) is 9.71. The first-order valence-corrected chi connectivity index (χ1v) is 12.0. The van der Waals surface area contributed by atoms with Crippen molar-refractivity contribution in [2.45, 2.75) is 12.8 Å². The largest absolute Gasteiger partial charge is 0.276 e. The van der Waals surface area contributed by atoms with E-state index in [-0.39, 0.29) is 0 Å². The maximum absolute atomic E-state index is 5.18. The molecule has 2 aliphatic rings. The lowest BCUT2D eigenvalue weighted by Gasteiger charge is -2.10. The molecule has 7 aromatic rings. The highest BCUT2D eigenvalue weighted by Crippen LogP contribution is 2.50. The zero-order valence-corrected chi connectivity index (χ0v) is 18.8. The molecule has 4 heterocycles. The van der Waals surface area contributed by atoms with Crippen LogP contribution in [-0.4, -0.2) is 19.4 Å². The molecule has 3 aromatic carbocycles. The molecule has 0 spiro atoms. The van der Waals surface area contributed by atoms with E-state index in [0.717, 1.165) is 51.3 Å². The summed E-state index contributed by atoms with van der Waals surface area (Å²) in [5.41, 5.74) is 15.2. The Kier molecular flexibility index (Phi) is 3.11. The first-order chi connectivity index (χ1) is 17.3. The molecule has 2 aliphatic carbocycles. The minimum atomic E-state index is 0.927. The summed E-state index contributed by atoms with van der Waals surface area (Å²) >= 11 is 0. The van der Waals surface area contributed by atoms with E-state index in [9.17, 15) is 0 Å². The van der Waals surface area contributed by atoms with Crippen molar-refractivity contribution in [2.75, 3.05) is 0 Å². The summed E-state index contributed by atoms with van der Waals surface area (Å²) in [6, 6.07) is 24.4. The Morgan fingerprint density at radius 3 is 2.40 bits per heavy atom. The summed E-state index contributed by atoms with van der Waals surface area (Å²) in [6.07, 6.45) is 7.60. The molecule has 4 heteroatoms. The topological polar surface area (TPSA) is 43.1 Å². The highest BCUT2D eigenvalue weighted by molar-refractivity contribution is 6.13. The van der Waals surface area contributed by atoms with Crippen molar-refractivity contribution in [3.05, 3.63) is 108 Å². The molecular formula is C31H18N4. The van der Waals surface area contributed by atoms with Crippen LogP contribution in [0.1, 0.15) is 22.3 Å². The zero-order valence-electron chi connectivity index (χ0n) is 18.8. The molecular weight excluding hydrogens is 428 g/mol. The van der Waals surface area contributed by atoms with Crippen molar-refractivity contribution < 1.29 is 0 Å². The molecule has 0 radical (unpaired) electrons. The van der Waals surface area contributed by atoms with Crippen molar-refractivity contribution in [1.29, 1.82) is 0 Å². The number of nitrogens with zero attached hydrogens (tertiary/aromatic N) is 4. The highest BCUT2D eigenvalue weighted by Gasteiger charge is 2.29. The molecule has 0 fully saturated rings. The second-order valence-electron chi connectivity index (χ2n) is 9.71. The number of pyridine rings is 3. The molecule has 0 aliphatic heterocycles. The first-order valence-electron chi connectivity index (χ1n) is 12.0. The number of aromatic nitrogens is 4. The molecule has 0 saturated heterocycles. The van der Waals surface area contributed by atoms with Crippen molar-refractivity contribution in [1.82, 2.24) is 19.4 Å². The Morgan fingerprint density at radius 1 is 0.629 bits per heavy atom. The fourth-order valence-electron chi connectivity index (χ4n) is 6.46. The third kappa shape index (κ3) is 2.15. The average molecular weight is 447 g/mol. The lowest BCUT2D eigenvalue weighted by atomic mass is 9.94. The van der Waals surface area contributed by atoms with Gasteiger partial charge in [0.25, 0.3) is 0 Å². The minimum Gasteiger partial charge on any atom is -0.276 e. The molecule has 9 rings (SSSR count). The van der Waals surface area contributed by atoms with E-state index in [1.54, 1.807) is 0 Å². The molecule has 0 saturated carbocycles. The van der Waals surface area contributed by atoms with Gasteiger partial charge in [-0.1, -0.05) is 36.4 Å². The summed E-state index contributed by atoms with van der Waals surface area (Å²) in [7, 11) is 0. The molecule has 35 heavy (non-hydrogen) atoms. The third-order valence-electron chi connectivity index (χ3n) is 7.93. The standard InChI is InChI=1S/C31H18N4/c1-2-5-21-17(4-1)12-18-7-8-19-13-20-14-27-26(15-24(20)29(19)28(18)21)34-31-23-9-11-32-16-25(23)22-6-3-10-33-30(22)35(27)31/h1-11,14-16H,12-13H2. The maximum atomic E-state index is 5.18. The molecule has 4 nitrogen and oxygen atoms in total.